The van der Waals surface area contributed by atoms with Crippen LogP contribution in [0.2, 0.25) is 0 Å². The maximum Gasteiger partial charge on any atom is 0.162 e. The predicted octanol–water partition coefficient (Wildman–Crippen LogP) is 10.2. The highest BCUT2D eigenvalue weighted by Crippen LogP contribution is 2.23. The summed E-state index contributed by atoms with van der Waals surface area (Å²) in [6, 6.07) is 8.29. The van der Waals surface area contributed by atoms with Gasteiger partial charge in [-0.1, -0.05) is 112 Å². The third-order valence-corrected chi connectivity index (χ3v) is 5.25. The molecule has 1 heterocycles. The fraction of sp³-hybridized carbons (Fsp3) is 0.576. The zero-order chi connectivity index (χ0) is 27.4. The van der Waals surface area contributed by atoms with Crippen LogP contribution in [-0.2, 0) is 4.79 Å². The molecule has 0 saturated carbocycles. The summed E-state index contributed by atoms with van der Waals surface area (Å²) in [7, 11) is 0. The Balaban J connectivity index is -0.000000292. The lowest BCUT2D eigenvalue weighted by Gasteiger charge is -2.14. The number of hydrogen-bond donors (Lipinski definition) is 1. The molecule has 0 aliphatic carbocycles. The third kappa shape index (κ3) is 20.2. The van der Waals surface area contributed by atoms with E-state index in [1.54, 1.807) is 0 Å². The largest absolute Gasteiger partial charge is 0.493 e. The van der Waals surface area contributed by atoms with E-state index in [0.717, 1.165) is 55.7 Å². The average Bonchev–Trinajstić information content (AvgIpc) is 2.94. The second-order valence-electron chi connectivity index (χ2n) is 8.02. The van der Waals surface area contributed by atoms with Crippen LogP contribution < -0.4 is 10.5 Å². The van der Waals surface area contributed by atoms with Gasteiger partial charge in [0.05, 0.1) is 12.3 Å². The first-order chi connectivity index (χ1) is 17.6. The van der Waals surface area contributed by atoms with E-state index in [0.29, 0.717) is 12.0 Å². The number of para-hydroxylation sites is 1. The number of nitrogens with two attached hydrogens (primary N) is 1. The maximum atomic E-state index is 11.1. The number of aliphatic imine (C=N–C) groups is 1. The summed E-state index contributed by atoms with van der Waals surface area (Å²) in [6.07, 6.45) is 19.3. The standard InChI is InChI=1S/C19H27NO.C9H15NO.2C2H6.CH4.H2/c1-2-3-4-5-6-11-16-21-19-14-8-7-12-17(19)18-13-9-10-15-20-18;1-3-4-5-9(11)8(2)6-7-10;2*1-2;;/h7-8,10,12,14-15H,2-6,9,11,13,16H2,1H3;6-7H,2-5,10H2,1H3;2*1-2H3;1H4;1H/b;7-6-;;;;. The van der Waals surface area contributed by atoms with E-state index in [9.17, 15) is 4.79 Å². The Morgan fingerprint density at radius 1 is 1.03 bits per heavy atom. The Morgan fingerprint density at radius 3 is 2.24 bits per heavy atom. The third-order valence-electron chi connectivity index (χ3n) is 5.25. The van der Waals surface area contributed by atoms with Gasteiger partial charge in [0.25, 0.3) is 0 Å². The summed E-state index contributed by atoms with van der Waals surface area (Å²) < 4.78 is 5.99. The average molecular weight is 517 g/mol. The van der Waals surface area contributed by atoms with Gasteiger partial charge in [-0.05, 0) is 50.1 Å². The highest BCUT2D eigenvalue weighted by atomic mass is 16.5. The number of ketones is 1. The van der Waals surface area contributed by atoms with Crippen molar-refractivity contribution in [3.8, 4) is 5.75 Å². The fourth-order valence-corrected chi connectivity index (χ4v) is 3.31. The number of carbonyl (C=O) groups is 1. The van der Waals surface area contributed by atoms with Crippen LogP contribution in [0.25, 0.3) is 0 Å². The summed E-state index contributed by atoms with van der Waals surface area (Å²) in [5.74, 6) is 1.08. The molecule has 1 aromatic rings. The van der Waals surface area contributed by atoms with Crippen LogP contribution in [0.1, 0.15) is 127 Å². The molecule has 0 fully saturated rings. The van der Waals surface area contributed by atoms with Crippen molar-refractivity contribution in [2.24, 2.45) is 10.7 Å². The quantitative estimate of drug-likeness (QED) is 0.152. The minimum atomic E-state index is 0. The Bertz CT molecular complexity index is 770. The van der Waals surface area contributed by atoms with E-state index in [1.165, 1.54) is 44.4 Å². The summed E-state index contributed by atoms with van der Waals surface area (Å²) >= 11 is 0. The lowest BCUT2D eigenvalue weighted by molar-refractivity contribution is -0.115. The van der Waals surface area contributed by atoms with Crippen molar-refractivity contribution in [2.45, 2.75) is 120 Å². The number of rotatable bonds is 14. The second kappa shape index (κ2) is 29.6. The highest BCUT2D eigenvalue weighted by molar-refractivity contribution is 6.03. The van der Waals surface area contributed by atoms with Gasteiger partial charge in [0.15, 0.2) is 5.78 Å². The van der Waals surface area contributed by atoms with Crippen LogP contribution in [0.5, 0.6) is 5.75 Å². The fourth-order valence-electron chi connectivity index (χ4n) is 3.31. The van der Waals surface area contributed by atoms with Crippen molar-refractivity contribution < 1.29 is 11.0 Å². The van der Waals surface area contributed by atoms with Crippen LogP contribution >= 0.6 is 0 Å². The first-order valence-corrected chi connectivity index (χ1v) is 14.2. The Hall–Kier alpha value is -2.62. The smallest absolute Gasteiger partial charge is 0.162 e. The van der Waals surface area contributed by atoms with Gasteiger partial charge in [-0.15, -0.1) is 0 Å². The van der Waals surface area contributed by atoms with Gasteiger partial charge >= 0.3 is 0 Å². The summed E-state index contributed by atoms with van der Waals surface area (Å²) in [5, 5.41) is 0. The van der Waals surface area contributed by atoms with E-state index < -0.39 is 0 Å². The molecule has 0 unspecified atom stereocenters. The van der Waals surface area contributed by atoms with Crippen LogP contribution in [0.4, 0.5) is 0 Å². The van der Waals surface area contributed by atoms with Crippen LogP contribution in [-0.4, -0.2) is 18.1 Å². The topological polar surface area (TPSA) is 64.7 Å². The number of unbranched alkanes of at least 4 members (excludes halogenated alkanes) is 6. The molecule has 0 radical (unpaired) electrons. The molecule has 2 N–H and O–H groups in total. The number of benzene rings is 1. The molecule has 37 heavy (non-hydrogen) atoms. The molecule has 0 bridgehead atoms. The summed E-state index contributed by atoms with van der Waals surface area (Å²) in [4.78, 5) is 15.6. The molecule has 214 valence electrons. The van der Waals surface area contributed by atoms with Crippen molar-refractivity contribution in [3.63, 3.8) is 0 Å². The minimum Gasteiger partial charge on any atom is -0.493 e. The lowest BCUT2D eigenvalue weighted by Crippen LogP contribution is -2.07. The van der Waals surface area contributed by atoms with Crippen LogP contribution in [0, 0.1) is 0 Å². The molecule has 1 aliphatic rings. The van der Waals surface area contributed by atoms with E-state index in [4.69, 9.17) is 10.5 Å². The second-order valence-corrected chi connectivity index (χ2v) is 8.02. The number of nitrogens with zero attached hydrogens (tertiary/aromatic N) is 1. The van der Waals surface area contributed by atoms with Crippen LogP contribution in [0.15, 0.2) is 66.0 Å². The predicted molar refractivity (Wildman–Crippen MR) is 169 cm³/mol. The zero-order valence-electron chi connectivity index (χ0n) is 24.2. The minimum absolute atomic E-state index is 0. The molecule has 1 aliphatic heterocycles. The van der Waals surface area contributed by atoms with Gasteiger partial charge in [0.1, 0.15) is 5.75 Å². The van der Waals surface area contributed by atoms with Gasteiger partial charge in [-0.2, -0.15) is 0 Å². The number of hydrogen-bond acceptors (Lipinski definition) is 4. The van der Waals surface area contributed by atoms with E-state index >= 15 is 0 Å². The Kier molecular flexibility index (Phi) is 31.1. The molecule has 2 rings (SSSR count). The van der Waals surface area contributed by atoms with Crippen molar-refractivity contribution >= 4 is 11.5 Å². The van der Waals surface area contributed by atoms with Crippen molar-refractivity contribution in [2.75, 3.05) is 6.61 Å². The van der Waals surface area contributed by atoms with Gasteiger partial charge < -0.3 is 10.5 Å². The molecule has 4 heteroatoms. The van der Waals surface area contributed by atoms with E-state index in [-0.39, 0.29) is 14.6 Å². The highest BCUT2D eigenvalue weighted by Gasteiger charge is 2.10. The number of allylic oxidation sites excluding steroid dienone is 3. The zero-order valence-corrected chi connectivity index (χ0v) is 24.2. The Morgan fingerprint density at radius 2 is 1.65 bits per heavy atom. The van der Waals surface area contributed by atoms with Crippen LogP contribution in [0.3, 0.4) is 0 Å². The number of carbonyl (C=O) groups excluding carboxylic acids is 1. The summed E-state index contributed by atoms with van der Waals surface area (Å²) in [6.45, 7) is 16.7. The van der Waals surface area contributed by atoms with Crippen molar-refractivity contribution in [3.05, 3.63) is 66.5 Å². The van der Waals surface area contributed by atoms with Crippen molar-refractivity contribution in [1.29, 1.82) is 0 Å². The first kappa shape index (κ1) is 38.9. The maximum absolute atomic E-state index is 11.1. The Labute approximate surface area is 231 Å². The molecule has 4 nitrogen and oxygen atoms in total. The number of Topliss-reactive ketones (excluding diaryl/α,β-unsaturated/α-hetero) is 1. The molecule has 0 spiro atoms. The molecule has 1 aromatic carbocycles. The van der Waals surface area contributed by atoms with Gasteiger partial charge in [-0.25, -0.2) is 0 Å². The molecule has 0 aromatic heterocycles. The molecule has 0 saturated heterocycles. The van der Waals surface area contributed by atoms with Crippen molar-refractivity contribution in [1.82, 2.24) is 0 Å². The van der Waals surface area contributed by atoms with Gasteiger partial charge in [0.2, 0.25) is 0 Å². The monoisotopic (exact) mass is 516 g/mol. The number of ether oxygens (including phenoxy) is 1. The van der Waals surface area contributed by atoms with E-state index in [1.807, 2.05) is 40.0 Å². The van der Waals surface area contributed by atoms with Gasteiger partial charge in [-0.3, -0.25) is 9.79 Å². The first-order valence-electron chi connectivity index (χ1n) is 14.2. The lowest BCUT2D eigenvalue weighted by atomic mass is 10.0. The van der Waals surface area contributed by atoms with E-state index in [2.05, 4.69) is 49.7 Å². The normalized spacial score (nSPS) is 11.4. The van der Waals surface area contributed by atoms with Gasteiger partial charge in [0, 0.05) is 25.2 Å². The molecule has 0 amide bonds. The molecule has 0 atom stereocenters. The molecular formula is C33H60N2O2. The molecular weight excluding hydrogens is 456 g/mol. The summed E-state index contributed by atoms with van der Waals surface area (Å²) in [5.41, 5.74) is 7.91. The SMILES string of the molecule is C.C=C(/C=C\N)C(=O)CCCC.CC.CC.CCCCCCCCOc1ccccc1C1=NC=CCC1.[HH].